The zero-order chi connectivity index (χ0) is 10.8. The number of amides is 1. The number of nitrogens with zero attached hydrogens (tertiary/aromatic N) is 2. The standard InChI is InChI=1S/C10H15N3OS/c1-13(5-7-3-2-4-7)9(14)8-6-15-10(11)12-8/h6-7H,2-5H2,1H3,(H2,11,12). The number of aromatic nitrogens is 1. The summed E-state index contributed by atoms with van der Waals surface area (Å²) in [5, 5.41) is 2.17. The van der Waals surface area contributed by atoms with Crippen molar-refractivity contribution in [2.45, 2.75) is 19.3 Å². The number of thiazole rings is 1. The first-order valence-corrected chi connectivity index (χ1v) is 6.01. The first kappa shape index (κ1) is 10.4. The van der Waals surface area contributed by atoms with Gasteiger partial charge in [-0.25, -0.2) is 4.98 Å². The van der Waals surface area contributed by atoms with Crippen LogP contribution in [0.15, 0.2) is 5.38 Å². The zero-order valence-electron chi connectivity index (χ0n) is 8.77. The first-order chi connectivity index (χ1) is 7.16. The molecule has 0 bridgehead atoms. The third kappa shape index (κ3) is 2.28. The van der Waals surface area contributed by atoms with Gasteiger partial charge in [0.2, 0.25) is 0 Å². The van der Waals surface area contributed by atoms with Crippen LogP contribution >= 0.6 is 11.3 Å². The number of nitrogen functional groups attached to an aromatic ring is 1. The van der Waals surface area contributed by atoms with E-state index in [0.29, 0.717) is 16.7 Å². The number of carbonyl (C=O) groups excluding carboxylic acids is 1. The maximum atomic E-state index is 11.8. The highest BCUT2D eigenvalue weighted by atomic mass is 32.1. The van der Waals surface area contributed by atoms with Crippen LogP contribution in [0.2, 0.25) is 0 Å². The molecule has 2 rings (SSSR count). The first-order valence-electron chi connectivity index (χ1n) is 5.13. The van der Waals surface area contributed by atoms with Crippen molar-refractivity contribution in [1.82, 2.24) is 9.88 Å². The predicted molar refractivity (Wildman–Crippen MR) is 60.8 cm³/mol. The summed E-state index contributed by atoms with van der Waals surface area (Å²) in [6, 6.07) is 0. The van der Waals surface area contributed by atoms with Crippen LogP contribution in [-0.2, 0) is 0 Å². The molecule has 82 valence electrons. The Morgan fingerprint density at radius 2 is 2.47 bits per heavy atom. The normalized spacial score (nSPS) is 16.1. The molecule has 2 N–H and O–H groups in total. The molecule has 0 radical (unpaired) electrons. The summed E-state index contributed by atoms with van der Waals surface area (Å²) in [6.45, 7) is 0.844. The number of carbonyl (C=O) groups is 1. The van der Waals surface area contributed by atoms with Gasteiger partial charge in [0.05, 0.1) is 0 Å². The van der Waals surface area contributed by atoms with E-state index >= 15 is 0 Å². The average Bonchev–Trinajstić information content (AvgIpc) is 2.56. The lowest BCUT2D eigenvalue weighted by Gasteiger charge is -2.29. The van der Waals surface area contributed by atoms with Gasteiger partial charge in [-0.2, -0.15) is 0 Å². The smallest absolute Gasteiger partial charge is 0.273 e. The molecule has 1 aliphatic carbocycles. The van der Waals surface area contributed by atoms with Crippen molar-refractivity contribution in [2.24, 2.45) is 5.92 Å². The second kappa shape index (κ2) is 4.18. The quantitative estimate of drug-likeness (QED) is 0.850. The molecule has 0 unspecified atom stereocenters. The molecule has 1 heterocycles. The van der Waals surface area contributed by atoms with Crippen LogP contribution in [0, 0.1) is 5.92 Å². The van der Waals surface area contributed by atoms with E-state index in [1.807, 2.05) is 7.05 Å². The van der Waals surface area contributed by atoms with Gasteiger partial charge < -0.3 is 10.6 Å². The van der Waals surface area contributed by atoms with Gasteiger partial charge in [-0.05, 0) is 18.8 Å². The number of hydrogen-bond acceptors (Lipinski definition) is 4. The molecule has 0 atom stereocenters. The molecule has 0 saturated heterocycles. The molecular weight excluding hydrogens is 210 g/mol. The van der Waals surface area contributed by atoms with Crippen LogP contribution in [0.4, 0.5) is 5.13 Å². The topological polar surface area (TPSA) is 59.2 Å². The van der Waals surface area contributed by atoms with Gasteiger partial charge in [-0.1, -0.05) is 6.42 Å². The highest BCUT2D eigenvalue weighted by molar-refractivity contribution is 7.13. The molecule has 0 aromatic carbocycles. The van der Waals surface area contributed by atoms with E-state index in [4.69, 9.17) is 5.73 Å². The Hall–Kier alpha value is -1.10. The van der Waals surface area contributed by atoms with Gasteiger partial charge >= 0.3 is 0 Å². The molecular formula is C10H15N3OS. The Morgan fingerprint density at radius 1 is 1.73 bits per heavy atom. The summed E-state index contributed by atoms with van der Waals surface area (Å²) in [4.78, 5) is 17.6. The minimum atomic E-state index is -0.0187. The summed E-state index contributed by atoms with van der Waals surface area (Å²) in [5.41, 5.74) is 5.96. The van der Waals surface area contributed by atoms with Crippen LogP contribution in [0.25, 0.3) is 0 Å². The van der Waals surface area contributed by atoms with Crippen molar-refractivity contribution >= 4 is 22.4 Å². The molecule has 0 aliphatic heterocycles. The number of anilines is 1. The van der Waals surface area contributed by atoms with Crippen molar-refractivity contribution in [1.29, 1.82) is 0 Å². The zero-order valence-corrected chi connectivity index (χ0v) is 9.59. The minimum Gasteiger partial charge on any atom is -0.375 e. The van der Waals surface area contributed by atoms with Gasteiger partial charge in [0.25, 0.3) is 5.91 Å². The van der Waals surface area contributed by atoms with Gasteiger partial charge in [0.15, 0.2) is 5.13 Å². The number of rotatable bonds is 3. The van der Waals surface area contributed by atoms with Crippen LogP contribution in [0.1, 0.15) is 29.8 Å². The number of nitrogens with two attached hydrogens (primary N) is 1. The Balaban J connectivity index is 1.94. The molecule has 1 aromatic heterocycles. The van der Waals surface area contributed by atoms with Crippen molar-refractivity contribution in [3.8, 4) is 0 Å². The Labute approximate surface area is 93.1 Å². The van der Waals surface area contributed by atoms with Gasteiger partial charge in [-0.3, -0.25) is 4.79 Å². The highest BCUT2D eigenvalue weighted by Gasteiger charge is 2.22. The van der Waals surface area contributed by atoms with E-state index in [1.165, 1.54) is 30.6 Å². The second-order valence-corrected chi connectivity index (χ2v) is 4.94. The number of hydrogen-bond donors (Lipinski definition) is 1. The fourth-order valence-corrected chi connectivity index (χ4v) is 2.26. The molecule has 1 aromatic rings. The fraction of sp³-hybridized carbons (Fsp3) is 0.600. The molecule has 15 heavy (non-hydrogen) atoms. The van der Waals surface area contributed by atoms with Crippen molar-refractivity contribution in [3.63, 3.8) is 0 Å². The minimum absolute atomic E-state index is 0.0187. The maximum absolute atomic E-state index is 11.8. The van der Waals surface area contributed by atoms with E-state index in [2.05, 4.69) is 4.98 Å². The molecule has 5 heteroatoms. The monoisotopic (exact) mass is 225 g/mol. The predicted octanol–water partition coefficient (Wildman–Crippen LogP) is 1.60. The third-order valence-electron chi connectivity index (χ3n) is 2.84. The fourth-order valence-electron chi connectivity index (χ4n) is 1.73. The van der Waals surface area contributed by atoms with Gasteiger partial charge in [-0.15, -0.1) is 11.3 Å². The SMILES string of the molecule is CN(CC1CCC1)C(=O)c1csc(N)n1. The lowest BCUT2D eigenvalue weighted by Crippen LogP contribution is -2.34. The summed E-state index contributed by atoms with van der Waals surface area (Å²) < 4.78 is 0. The lowest BCUT2D eigenvalue weighted by atomic mass is 9.85. The largest absolute Gasteiger partial charge is 0.375 e. The summed E-state index contributed by atoms with van der Waals surface area (Å²) >= 11 is 1.31. The van der Waals surface area contributed by atoms with E-state index in [0.717, 1.165) is 6.54 Å². The summed E-state index contributed by atoms with van der Waals surface area (Å²) in [7, 11) is 1.83. The average molecular weight is 225 g/mol. The van der Waals surface area contributed by atoms with Gasteiger partial charge in [0, 0.05) is 19.0 Å². The maximum Gasteiger partial charge on any atom is 0.273 e. The molecule has 1 saturated carbocycles. The summed E-state index contributed by atoms with van der Waals surface area (Å²) in [6.07, 6.45) is 3.80. The molecule has 4 nitrogen and oxygen atoms in total. The second-order valence-electron chi connectivity index (χ2n) is 4.05. The van der Waals surface area contributed by atoms with Crippen LogP contribution < -0.4 is 5.73 Å². The lowest BCUT2D eigenvalue weighted by molar-refractivity contribution is 0.0740. The highest BCUT2D eigenvalue weighted by Crippen LogP contribution is 2.27. The third-order valence-corrected chi connectivity index (χ3v) is 3.52. The van der Waals surface area contributed by atoms with E-state index < -0.39 is 0 Å². The van der Waals surface area contributed by atoms with E-state index in [-0.39, 0.29) is 5.91 Å². The Bertz CT molecular complexity index is 359. The van der Waals surface area contributed by atoms with Crippen LogP contribution in [0.5, 0.6) is 0 Å². The Morgan fingerprint density at radius 3 is 2.93 bits per heavy atom. The van der Waals surface area contributed by atoms with Crippen molar-refractivity contribution in [2.75, 3.05) is 19.3 Å². The van der Waals surface area contributed by atoms with E-state index in [1.54, 1.807) is 10.3 Å². The molecule has 0 spiro atoms. The molecule has 1 fully saturated rings. The van der Waals surface area contributed by atoms with Crippen molar-refractivity contribution < 1.29 is 4.79 Å². The van der Waals surface area contributed by atoms with Crippen LogP contribution in [-0.4, -0.2) is 29.4 Å². The molecule has 1 amide bonds. The van der Waals surface area contributed by atoms with Gasteiger partial charge in [0.1, 0.15) is 5.69 Å². The van der Waals surface area contributed by atoms with E-state index in [9.17, 15) is 4.79 Å². The molecule has 1 aliphatic rings. The Kier molecular flexibility index (Phi) is 2.90. The van der Waals surface area contributed by atoms with Crippen LogP contribution in [0.3, 0.4) is 0 Å². The summed E-state index contributed by atoms with van der Waals surface area (Å²) in [5.74, 6) is 0.671. The van der Waals surface area contributed by atoms with Crippen molar-refractivity contribution in [3.05, 3.63) is 11.1 Å².